The highest BCUT2D eigenvalue weighted by Gasteiger charge is 2.20. The van der Waals surface area contributed by atoms with Crippen molar-refractivity contribution in [1.29, 1.82) is 0 Å². The van der Waals surface area contributed by atoms with Crippen molar-refractivity contribution in [2.75, 3.05) is 33.9 Å². The molecule has 0 fully saturated rings. The van der Waals surface area contributed by atoms with Crippen molar-refractivity contribution >= 4 is 51.9 Å². The van der Waals surface area contributed by atoms with Gasteiger partial charge in [0.05, 0.1) is 0 Å². The Hall–Kier alpha value is -5.47. The minimum Gasteiger partial charge on any atom is -0.399 e. The monoisotopic (exact) mass is 684 g/mol. The summed E-state index contributed by atoms with van der Waals surface area (Å²) < 4.78 is 0. The summed E-state index contributed by atoms with van der Waals surface area (Å²) >= 11 is 5.87. The number of benzene rings is 4. The van der Waals surface area contributed by atoms with Crippen LogP contribution in [0.1, 0.15) is 42.5 Å². The van der Waals surface area contributed by atoms with E-state index in [0.717, 1.165) is 61.8 Å². The molecule has 0 bridgehead atoms. The van der Waals surface area contributed by atoms with E-state index in [9.17, 15) is 0 Å². The first kappa shape index (κ1) is 35.8. The number of fused-ring (bicyclic) bond motifs is 2. The second-order valence-electron chi connectivity index (χ2n) is 12.1. The number of nitrogens with two attached hydrogens (primary N) is 1. The molecule has 0 atom stereocenters. The Labute approximate surface area is 301 Å². The van der Waals surface area contributed by atoms with Crippen LogP contribution in [0, 0.1) is 13.8 Å². The average molecular weight is 685 g/mol. The molecule has 8 nitrogen and oxygen atoms in total. The predicted octanol–water partition coefficient (Wildman–Crippen LogP) is 10.0. The van der Waals surface area contributed by atoms with Crippen LogP contribution < -0.4 is 20.9 Å². The molecular formula is C41H45ClN8. The maximum Gasteiger partial charge on any atom is 0.229 e. The number of anilines is 7. The van der Waals surface area contributed by atoms with Crippen LogP contribution in [0.15, 0.2) is 122 Å². The Morgan fingerprint density at radius 3 is 1.68 bits per heavy atom. The first-order valence-electron chi connectivity index (χ1n) is 16.6. The van der Waals surface area contributed by atoms with Crippen molar-refractivity contribution in [2.45, 2.75) is 47.0 Å². The van der Waals surface area contributed by atoms with Crippen molar-refractivity contribution in [3.05, 3.63) is 149 Å². The summed E-state index contributed by atoms with van der Waals surface area (Å²) in [5.74, 6) is 2.44. The van der Waals surface area contributed by atoms with Gasteiger partial charge in [-0.25, -0.2) is 15.0 Å². The number of rotatable bonds is 4. The fourth-order valence-corrected chi connectivity index (χ4v) is 6.21. The van der Waals surface area contributed by atoms with E-state index in [-0.39, 0.29) is 7.43 Å². The van der Waals surface area contributed by atoms with Gasteiger partial charge in [-0.3, -0.25) is 0 Å². The number of hydrogen-bond acceptors (Lipinski definition) is 8. The number of hydrogen-bond donors (Lipinski definition) is 2. The van der Waals surface area contributed by atoms with E-state index in [1.54, 1.807) is 6.20 Å². The lowest BCUT2D eigenvalue weighted by Gasteiger charge is -2.30. The minimum absolute atomic E-state index is 0. The van der Waals surface area contributed by atoms with E-state index in [1.807, 2.05) is 79.0 Å². The summed E-state index contributed by atoms with van der Waals surface area (Å²) in [5, 5.41) is 3.57. The van der Waals surface area contributed by atoms with Crippen LogP contribution in [-0.4, -0.2) is 33.0 Å². The summed E-state index contributed by atoms with van der Waals surface area (Å²) in [6.07, 6.45) is 8.06. The van der Waals surface area contributed by atoms with Crippen LogP contribution in [0.5, 0.6) is 0 Å². The number of nitrogen functional groups attached to an aromatic ring is 1. The molecule has 256 valence electrons. The topological polar surface area (TPSA) is 96.1 Å². The second kappa shape index (κ2) is 17.3. The van der Waals surface area contributed by atoms with Gasteiger partial charge >= 0.3 is 0 Å². The van der Waals surface area contributed by atoms with Crippen molar-refractivity contribution in [3.8, 4) is 0 Å². The van der Waals surface area contributed by atoms with Gasteiger partial charge in [0.15, 0.2) is 0 Å². The molecule has 3 N–H and O–H groups in total. The molecule has 6 aromatic rings. The van der Waals surface area contributed by atoms with Gasteiger partial charge in [-0.05, 0) is 111 Å². The molecule has 9 heteroatoms. The molecule has 8 rings (SSSR count). The van der Waals surface area contributed by atoms with Gasteiger partial charge < -0.3 is 20.9 Å². The third-order valence-corrected chi connectivity index (χ3v) is 8.52. The van der Waals surface area contributed by atoms with E-state index in [0.29, 0.717) is 11.2 Å². The molecule has 2 aromatic heterocycles. The van der Waals surface area contributed by atoms with Gasteiger partial charge in [-0.1, -0.05) is 79.2 Å². The van der Waals surface area contributed by atoms with Gasteiger partial charge in [-0.15, -0.1) is 0 Å². The first-order chi connectivity index (χ1) is 23.9. The average Bonchev–Trinajstić information content (AvgIpc) is 3.12. The Bertz CT molecular complexity index is 1970. The third-order valence-electron chi connectivity index (χ3n) is 8.34. The number of aromatic nitrogens is 4. The van der Waals surface area contributed by atoms with Crippen LogP contribution in [0.4, 0.5) is 40.3 Å². The van der Waals surface area contributed by atoms with E-state index >= 15 is 0 Å². The molecule has 0 amide bonds. The summed E-state index contributed by atoms with van der Waals surface area (Å²) in [5.41, 5.74) is 15.1. The Morgan fingerprint density at radius 2 is 1.16 bits per heavy atom. The number of aryl methyl sites for hydroxylation is 4. The third kappa shape index (κ3) is 9.36. The van der Waals surface area contributed by atoms with E-state index in [4.69, 9.17) is 22.3 Å². The van der Waals surface area contributed by atoms with Crippen molar-refractivity contribution in [2.24, 2.45) is 0 Å². The van der Waals surface area contributed by atoms with Crippen molar-refractivity contribution in [1.82, 2.24) is 19.9 Å². The van der Waals surface area contributed by atoms with Gasteiger partial charge in [0.1, 0.15) is 11.6 Å². The molecule has 0 radical (unpaired) electrons. The normalized spacial score (nSPS) is 12.9. The highest BCUT2D eigenvalue weighted by Crippen LogP contribution is 2.34. The van der Waals surface area contributed by atoms with Crippen molar-refractivity contribution in [3.63, 3.8) is 0 Å². The Morgan fingerprint density at radius 1 is 0.640 bits per heavy atom. The molecule has 4 aromatic carbocycles. The highest BCUT2D eigenvalue weighted by atomic mass is 35.5. The summed E-state index contributed by atoms with van der Waals surface area (Å²) in [6.45, 7) is 6.23. The minimum atomic E-state index is 0. The lowest BCUT2D eigenvalue weighted by atomic mass is 9.99. The zero-order valence-electron chi connectivity index (χ0n) is 27.9. The molecule has 50 heavy (non-hydrogen) atoms. The zero-order valence-corrected chi connectivity index (χ0v) is 28.7. The molecule has 0 saturated heterocycles. The van der Waals surface area contributed by atoms with E-state index in [1.165, 1.54) is 33.6 Å². The molecule has 0 spiro atoms. The lowest BCUT2D eigenvalue weighted by Crippen LogP contribution is -2.25. The smallest absolute Gasteiger partial charge is 0.229 e. The maximum absolute atomic E-state index is 5.87. The van der Waals surface area contributed by atoms with Gasteiger partial charge in [0.25, 0.3) is 0 Å². The summed E-state index contributed by atoms with van der Waals surface area (Å²) in [4.78, 5) is 21.8. The molecule has 0 unspecified atom stereocenters. The van der Waals surface area contributed by atoms with Crippen molar-refractivity contribution < 1.29 is 0 Å². The number of para-hydroxylation sites is 2. The lowest BCUT2D eigenvalue weighted by molar-refractivity contribution is 0.757. The number of nitrogens with zero attached hydrogens (tertiary/aromatic N) is 6. The Balaban J connectivity index is 0.000000164. The molecule has 2 aliphatic rings. The second-order valence-corrected chi connectivity index (χ2v) is 12.4. The maximum atomic E-state index is 5.87. The molecular weight excluding hydrogens is 640 g/mol. The zero-order chi connectivity index (χ0) is 34.0. The van der Waals surface area contributed by atoms with Gasteiger partial charge in [0, 0.05) is 48.2 Å². The van der Waals surface area contributed by atoms with Gasteiger partial charge in [0.2, 0.25) is 11.2 Å². The summed E-state index contributed by atoms with van der Waals surface area (Å²) in [7, 11) is 0. The van der Waals surface area contributed by atoms with Crippen LogP contribution in [0.25, 0.3) is 0 Å². The standard InChI is InChI=1S/C20H20N4.C14H14ClN3.C6H7N.CH4/c1-15-9-10-18-16(14-15)6-5-13-24(18)19-11-12-21-20(23-19)22-17-7-3-2-4-8-17;1-10-4-5-12-11(9-10)3-2-8-18(12)13-6-7-16-14(15)17-13;7-6-4-2-1-3-5-6;/h2-4,7-12,14H,5-6,13H2,1H3,(H,21,22,23);4-7,9H,2-3,8H2,1H3;1-5H,7H2;1H4. The Kier molecular flexibility index (Phi) is 12.4. The van der Waals surface area contributed by atoms with E-state index in [2.05, 4.69) is 80.3 Å². The van der Waals surface area contributed by atoms with E-state index < -0.39 is 0 Å². The SMILES string of the molecule is C.Cc1ccc2c(c1)CCCN2c1ccnc(Cl)n1.Cc1ccc2c(c1)CCCN2c1ccnc(Nc2ccccc2)n1.Nc1ccccc1. The highest BCUT2D eigenvalue weighted by molar-refractivity contribution is 6.28. The molecule has 2 aliphatic heterocycles. The van der Waals surface area contributed by atoms with Crippen LogP contribution in [0.2, 0.25) is 5.28 Å². The fraction of sp³-hybridized carbons (Fsp3) is 0.220. The molecule has 0 saturated carbocycles. The predicted molar refractivity (Wildman–Crippen MR) is 209 cm³/mol. The summed E-state index contributed by atoms with van der Waals surface area (Å²) in [6, 6.07) is 36.6. The molecule has 4 heterocycles. The fourth-order valence-electron chi connectivity index (χ4n) is 6.07. The van der Waals surface area contributed by atoms with Gasteiger partial charge in [-0.2, -0.15) is 4.98 Å². The van der Waals surface area contributed by atoms with Crippen LogP contribution in [0.3, 0.4) is 0 Å². The molecule has 0 aliphatic carbocycles. The largest absolute Gasteiger partial charge is 0.399 e. The van der Waals surface area contributed by atoms with Crippen LogP contribution in [-0.2, 0) is 12.8 Å². The number of halogens is 1. The number of nitrogens with one attached hydrogen (secondary N) is 1. The first-order valence-corrected chi connectivity index (χ1v) is 17.0. The quantitative estimate of drug-likeness (QED) is 0.140. The van der Waals surface area contributed by atoms with Crippen LogP contribution >= 0.6 is 11.6 Å².